The van der Waals surface area contributed by atoms with Crippen molar-refractivity contribution in [2.24, 2.45) is 5.73 Å². The predicted octanol–water partition coefficient (Wildman–Crippen LogP) is 2.82. The van der Waals surface area contributed by atoms with Gasteiger partial charge in [-0.25, -0.2) is 0 Å². The normalized spacial score (nSPS) is 11.4. The molecule has 0 spiro atoms. The first kappa shape index (κ1) is 15.0. The molecule has 0 saturated carbocycles. The van der Waals surface area contributed by atoms with E-state index in [0.29, 0.717) is 24.4 Å². The standard InChI is InChI=1S/C14H21ClN2O/c1-4-14(16,5-2)13(18)17(3)10-11-8-6-7-9-12(11)15/h6-9H,4-5,10,16H2,1-3H3. The van der Waals surface area contributed by atoms with Crippen LogP contribution in [0.2, 0.25) is 5.02 Å². The number of carbonyl (C=O) groups is 1. The number of hydrogen-bond donors (Lipinski definition) is 1. The largest absolute Gasteiger partial charge is 0.340 e. The third-order valence-electron chi connectivity index (χ3n) is 3.40. The first-order chi connectivity index (χ1) is 8.44. The molecule has 0 saturated heterocycles. The van der Waals surface area contributed by atoms with E-state index in [1.807, 2.05) is 38.1 Å². The number of likely N-dealkylation sites (N-methyl/N-ethyl adjacent to an activating group) is 1. The molecule has 0 unspecified atom stereocenters. The van der Waals surface area contributed by atoms with Crippen molar-refractivity contribution >= 4 is 17.5 Å². The van der Waals surface area contributed by atoms with Gasteiger partial charge >= 0.3 is 0 Å². The van der Waals surface area contributed by atoms with Crippen LogP contribution >= 0.6 is 11.6 Å². The van der Waals surface area contributed by atoms with E-state index in [-0.39, 0.29) is 5.91 Å². The Labute approximate surface area is 114 Å². The number of rotatable bonds is 5. The van der Waals surface area contributed by atoms with Crippen LogP contribution in [0, 0.1) is 0 Å². The number of benzene rings is 1. The van der Waals surface area contributed by atoms with Gasteiger partial charge in [0.05, 0.1) is 5.54 Å². The molecule has 18 heavy (non-hydrogen) atoms. The average molecular weight is 269 g/mol. The van der Waals surface area contributed by atoms with Crippen molar-refractivity contribution in [2.75, 3.05) is 7.05 Å². The van der Waals surface area contributed by atoms with E-state index in [1.165, 1.54) is 0 Å². The van der Waals surface area contributed by atoms with Crippen LogP contribution in [-0.2, 0) is 11.3 Å². The summed E-state index contributed by atoms with van der Waals surface area (Å²) < 4.78 is 0. The number of amides is 1. The SMILES string of the molecule is CCC(N)(CC)C(=O)N(C)Cc1ccccc1Cl. The third kappa shape index (κ3) is 3.24. The lowest BCUT2D eigenvalue weighted by Crippen LogP contribution is -2.53. The van der Waals surface area contributed by atoms with Crippen molar-refractivity contribution in [3.63, 3.8) is 0 Å². The van der Waals surface area contributed by atoms with Crippen LogP contribution in [0.4, 0.5) is 0 Å². The van der Waals surface area contributed by atoms with Gasteiger partial charge in [-0.15, -0.1) is 0 Å². The van der Waals surface area contributed by atoms with Gasteiger partial charge in [0.1, 0.15) is 0 Å². The van der Waals surface area contributed by atoms with E-state index >= 15 is 0 Å². The summed E-state index contributed by atoms with van der Waals surface area (Å²) in [7, 11) is 1.76. The van der Waals surface area contributed by atoms with Crippen LogP contribution in [-0.4, -0.2) is 23.4 Å². The first-order valence-corrected chi connectivity index (χ1v) is 6.60. The fourth-order valence-electron chi connectivity index (χ4n) is 1.89. The molecule has 3 nitrogen and oxygen atoms in total. The number of nitrogens with two attached hydrogens (primary N) is 1. The van der Waals surface area contributed by atoms with Crippen molar-refractivity contribution in [1.82, 2.24) is 4.90 Å². The molecule has 0 bridgehead atoms. The second-order valence-electron chi connectivity index (χ2n) is 4.62. The molecule has 0 radical (unpaired) electrons. The zero-order chi connectivity index (χ0) is 13.8. The fourth-order valence-corrected chi connectivity index (χ4v) is 2.08. The van der Waals surface area contributed by atoms with Gasteiger partial charge in [-0.05, 0) is 24.5 Å². The average Bonchev–Trinajstić information content (AvgIpc) is 2.39. The van der Waals surface area contributed by atoms with Crippen LogP contribution < -0.4 is 5.73 Å². The molecular formula is C14H21ClN2O. The van der Waals surface area contributed by atoms with Gasteiger partial charge in [-0.2, -0.15) is 0 Å². The number of carbonyl (C=O) groups excluding carboxylic acids is 1. The zero-order valence-electron chi connectivity index (χ0n) is 11.2. The smallest absolute Gasteiger partial charge is 0.242 e. The second-order valence-corrected chi connectivity index (χ2v) is 5.02. The highest BCUT2D eigenvalue weighted by molar-refractivity contribution is 6.31. The van der Waals surface area contributed by atoms with Gasteiger partial charge in [0.15, 0.2) is 0 Å². The van der Waals surface area contributed by atoms with Gasteiger partial charge in [0, 0.05) is 18.6 Å². The molecule has 100 valence electrons. The Bertz CT molecular complexity index is 416. The van der Waals surface area contributed by atoms with Gasteiger partial charge in [-0.1, -0.05) is 43.6 Å². The molecule has 1 amide bonds. The van der Waals surface area contributed by atoms with Gasteiger partial charge in [0.25, 0.3) is 0 Å². The van der Waals surface area contributed by atoms with E-state index in [9.17, 15) is 4.79 Å². The molecule has 2 N–H and O–H groups in total. The van der Waals surface area contributed by atoms with E-state index in [4.69, 9.17) is 17.3 Å². The monoisotopic (exact) mass is 268 g/mol. The Morgan fingerprint density at radius 1 is 1.33 bits per heavy atom. The summed E-state index contributed by atoms with van der Waals surface area (Å²) in [6.07, 6.45) is 1.27. The highest BCUT2D eigenvalue weighted by Crippen LogP contribution is 2.20. The Morgan fingerprint density at radius 2 is 1.89 bits per heavy atom. The minimum Gasteiger partial charge on any atom is -0.340 e. The van der Waals surface area contributed by atoms with E-state index in [0.717, 1.165) is 5.56 Å². The number of halogens is 1. The van der Waals surface area contributed by atoms with Crippen molar-refractivity contribution in [3.05, 3.63) is 34.9 Å². The second kappa shape index (κ2) is 6.21. The Kier molecular flexibility index (Phi) is 5.17. The summed E-state index contributed by atoms with van der Waals surface area (Å²) >= 11 is 6.09. The van der Waals surface area contributed by atoms with Gasteiger partial charge in [-0.3, -0.25) is 4.79 Å². The summed E-state index contributed by atoms with van der Waals surface area (Å²) in [4.78, 5) is 13.9. The highest BCUT2D eigenvalue weighted by atomic mass is 35.5. The molecule has 1 aromatic carbocycles. The van der Waals surface area contributed by atoms with Crippen LogP contribution in [0.5, 0.6) is 0 Å². The molecular weight excluding hydrogens is 248 g/mol. The Balaban J connectivity index is 2.80. The molecule has 1 aromatic rings. The lowest BCUT2D eigenvalue weighted by Gasteiger charge is -2.30. The predicted molar refractivity (Wildman–Crippen MR) is 75.4 cm³/mol. The topological polar surface area (TPSA) is 46.3 Å². The minimum absolute atomic E-state index is 0.0348. The quantitative estimate of drug-likeness (QED) is 0.893. The van der Waals surface area contributed by atoms with Crippen molar-refractivity contribution in [1.29, 1.82) is 0 Å². The maximum Gasteiger partial charge on any atom is 0.242 e. The summed E-state index contributed by atoms with van der Waals surface area (Å²) in [5, 5.41) is 0.674. The van der Waals surface area contributed by atoms with Crippen LogP contribution in [0.15, 0.2) is 24.3 Å². The molecule has 0 fully saturated rings. The van der Waals surface area contributed by atoms with Crippen molar-refractivity contribution < 1.29 is 4.79 Å². The molecule has 0 aliphatic carbocycles. The third-order valence-corrected chi connectivity index (χ3v) is 3.77. The summed E-state index contributed by atoms with van der Waals surface area (Å²) in [6, 6.07) is 7.53. The van der Waals surface area contributed by atoms with E-state index in [1.54, 1.807) is 11.9 Å². The Hall–Kier alpha value is -1.06. The van der Waals surface area contributed by atoms with Crippen molar-refractivity contribution in [2.45, 2.75) is 38.8 Å². The van der Waals surface area contributed by atoms with Gasteiger partial charge < -0.3 is 10.6 Å². The maximum absolute atomic E-state index is 12.3. The molecule has 0 aliphatic rings. The molecule has 0 heterocycles. The van der Waals surface area contributed by atoms with Gasteiger partial charge in [0.2, 0.25) is 5.91 Å². The van der Waals surface area contributed by atoms with Crippen LogP contribution in [0.3, 0.4) is 0 Å². The first-order valence-electron chi connectivity index (χ1n) is 6.22. The van der Waals surface area contributed by atoms with Crippen molar-refractivity contribution in [3.8, 4) is 0 Å². The Morgan fingerprint density at radius 3 is 2.39 bits per heavy atom. The summed E-state index contributed by atoms with van der Waals surface area (Å²) in [6.45, 7) is 4.35. The zero-order valence-corrected chi connectivity index (χ0v) is 12.0. The lowest BCUT2D eigenvalue weighted by atomic mass is 9.92. The molecule has 4 heteroatoms. The van der Waals surface area contributed by atoms with Crippen LogP contribution in [0.25, 0.3) is 0 Å². The highest BCUT2D eigenvalue weighted by Gasteiger charge is 2.32. The lowest BCUT2D eigenvalue weighted by molar-refractivity contribution is -0.136. The molecule has 1 rings (SSSR count). The summed E-state index contributed by atoms with van der Waals surface area (Å²) in [5.41, 5.74) is 6.28. The van der Waals surface area contributed by atoms with E-state index < -0.39 is 5.54 Å². The summed E-state index contributed by atoms with van der Waals surface area (Å²) in [5.74, 6) is -0.0348. The van der Waals surface area contributed by atoms with Crippen LogP contribution in [0.1, 0.15) is 32.3 Å². The minimum atomic E-state index is -0.768. The maximum atomic E-state index is 12.3. The van der Waals surface area contributed by atoms with E-state index in [2.05, 4.69) is 0 Å². The fraction of sp³-hybridized carbons (Fsp3) is 0.500. The molecule has 0 aliphatic heterocycles. The number of hydrogen-bond acceptors (Lipinski definition) is 2. The number of nitrogens with zero attached hydrogens (tertiary/aromatic N) is 1. The molecule has 0 aromatic heterocycles. The molecule has 0 atom stereocenters.